The van der Waals surface area contributed by atoms with Crippen molar-refractivity contribution in [2.24, 2.45) is 0 Å². The summed E-state index contributed by atoms with van der Waals surface area (Å²) in [5, 5.41) is 0. The molecule has 0 spiro atoms. The molecular formula is C7H20N2Si. The first-order valence-corrected chi connectivity index (χ1v) is 6.59. The van der Waals surface area contributed by atoms with E-state index < -0.39 is 8.96 Å². The van der Waals surface area contributed by atoms with E-state index in [1.165, 1.54) is 12.6 Å². The van der Waals surface area contributed by atoms with Crippen LogP contribution in [0.1, 0.15) is 6.92 Å². The van der Waals surface area contributed by atoms with Crippen molar-refractivity contribution in [2.75, 3.05) is 27.2 Å². The summed E-state index contributed by atoms with van der Waals surface area (Å²) in [4.78, 5) is 5.76. The summed E-state index contributed by atoms with van der Waals surface area (Å²) in [6.45, 7) is 6.92. The number of rotatable bonds is 5. The Morgan fingerprint density at radius 2 is 2.00 bits per heavy atom. The van der Waals surface area contributed by atoms with Crippen LogP contribution in [0.2, 0.25) is 12.6 Å². The highest BCUT2D eigenvalue weighted by molar-refractivity contribution is 6.54. The molecule has 10 heavy (non-hydrogen) atoms. The van der Waals surface area contributed by atoms with E-state index in [-0.39, 0.29) is 0 Å². The fraction of sp³-hybridized carbons (Fsp3) is 1.00. The first kappa shape index (κ1) is 10.1. The Hall–Kier alpha value is 0.137. The van der Waals surface area contributed by atoms with Gasteiger partial charge in [-0.3, -0.25) is 0 Å². The molecule has 0 radical (unpaired) electrons. The van der Waals surface area contributed by atoms with Crippen molar-refractivity contribution < 1.29 is 0 Å². The molecule has 0 aliphatic rings. The maximum atomic E-state index is 3.51. The van der Waals surface area contributed by atoms with Gasteiger partial charge in [-0.15, -0.1) is 0 Å². The number of nitrogens with zero attached hydrogens (tertiary/aromatic N) is 1. The second-order valence-electron chi connectivity index (χ2n) is 3.05. The first-order chi connectivity index (χ1) is 4.66. The minimum absolute atomic E-state index is 0.550. The lowest BCUT2D eigenvalue weighted by atomic mass is 10.7. The average molecular weight is 160 g/mol. The van der Waals surface area contributed by atoms with Crippen LogP contribution in [0.4, 0.5) is 0 Å². The lowest BCUT2D eigenvalue weighted by molar-refractivity contribution is 0.431. The third kappa shape index (κ3) is 6.26. The smallest absolute Gasteiger partial charge is 0.107 e. The normalized spacial score (nSPS) is 14.1. The Balaban J connectivity index is 3.12. The van der Waals surface area contributed by atoms with Gasteiger partial charge in [0.1, 0.15) is 8.96 Å². The zero-order chi connectivity index (χ0) is 7.98. The number of nitrogens with one attached hydrogen (secondary N) is 1. The van der Waals surface area contributed by atoms with Crippen LogP contribution >= 0.6 is 0 Å². The van der Waals surface area contributed by atoms with Crippen molar-refractivity contribution in [1.82, 2.24) is 9.88 Å². The maximum Gasteiger partial charge on any atom is 0.107 e. The molecule has 0 aliphatic heterocycles. The van der Waals surface area contributed by atoms with Crippen LogP contribution in [0.5, 0.6) is 0 Å². The van der Waals surface area contributed by atoms with Gasteiger partial charge in [0, 0.05) is 0 Å². The van der Waals surface area contributed by atoms with Crippen LogP contribution in [0.15, 0.2) is 0 Å². The molecule has 62 valence electrons. The molecule has 3 heteroatoms. The second-order valence-corrected chi connectivity index (χ2v) is 5.84. The third-order valence-corrected chi connectivity index (χ3v) is 3.79. The molecule has 0 rings (SSSR count). The van der Waals surface area contributed by atoms with Crippen molar-refractivity contribution in [3.63, 3.8) is 0 Å². The summed E-state index contributed by atoms with van der Waals surface area (Å²) in [6, 6.07) is 1.38. The molecule has 0 saturated heterocycles. The largest absolute Gasteiger partial charge is 0.340 e. The average Bonchev–Trinajstić information content (AvgIpc) is 1.85. The van der Waals surface area contributed by atoms with Crippen molar-refractivity contribution >= 4 is 8.96 Å². The van der Waals surface area contributed by atoms with Crippen molar-refractivity contribution in [2.45, 2.75) is 19.5 Å². The molecule has 1 unspecified atom stereocenters. The predicted molar refractivity (Wildman–Crippen MR) is 50.1 cm³/mol. The molecule has 0 aromatic heterocycles. The SMILES string of the molecule is CCN[SiH](C)CCN(C)C. The molecule has 0 amide bonds. The minimum Gasteiger partial charge on any atom is -0.340 e. The van der Waals surface area contributed by atoms with E-state index in [9.17, 15) is 0 Å². The van der Waals surface area contributed by atoms with Gasteiger partial charge in [0.25, 0.3) is 0 Å². The molecule has 0 aromatic carbocycles. The van der Waals surface area contributed by atoms with Crippen LogP contribution in [0.3, 0.4) is 0 Å². The van der Waals surface area contributed by atoms with Gasteiger partial charge in [0.2, 0.25) is 0 Å². The van der Waals surface area contributed by atoms with Gasteiger partial charge < -0.3 is 9.88 Å². The first-order valence-electron chi connectivity index (χ1n) is 4.05. The van der Waals surface area contributed by atoms with E-state index in [1.54, 1.807) is 0 Å². The van der Waals surface area contributed by atoms with Crippen LogP contribution in [0, 0.1) is 0 Å². The maximum absolute atomic E-state index is 3.51. The summed E-state index contributed by atoms with van der Waals surface area (Å²) in [5.41, 5.74) is 0. The van der Waals surface area contributed by atoms with E-state index in [4.69, 9.17) is 0 Å². The van der Waals surface area contributed by atoms with Gasteiger partial charge >= 0.3 is 0 Å². The Bertz CT molecular complexity index is 76.0. The Morgan fingerprint density at radius 1 is 1.40 bits per heavy atom. The van der Waals surface area contributed by atoms with Crippen molar-refractivity contribution in [3.05, 3.63) is 0 Å². The Kier molecular flexibility index (Phi) is 5.97. The Morgan fingerprint density at radius 3 is 2.40 bits per heavy atom. The van der Waals surface area contributed by atoms with Crippen LogP contribution < -0.4 is 4.98 Å². The van der Waals surface area contributed by atoms with E-state index in [0.717, 1.165) is 6.54 Å². The van der Waals surface area contributed by atoms with Gasteiger partial charge in [-0.1, -0.05) is 13.5 Å². The minimum atomic E-state index is -0.550. The molecule has 0 aromatic rings. The van der Waals surface area contributed by atoms with Gasteiger partial charge in [-0.2, -0.15) is 0 Å². The fourth-order valence-corrected chi connectivity index (χ4v) is 2.71. The molecule has 2 nitrogen and oxygen atoms in total. The molecule has 0 fully saturated rings. The summed E-state index contributed by atoms with van der Waals surface area (Å²) in [6.07, 6.45) is 0. The highest BCUT2D eigenvalue weighted by Crippen LogP contribution is 1.88. The molecule has 0 aliphatic carbocycles. The second kappa shape index (κ2) is 5.89. The van der Waals surface area contributed by atoms with Gasteiger partial charge in [-0.25, -0.2) is 0 Å². The summed E-state index contributed by atoms with van der Waals surface area (Å²) >= 11 is 0. The highest BCUT2D eigenvalue weighted by Gasteiger charge is 2.00. The third-order valence-electron chi connectivity index (χ3n) is 1.56. The van der Waals surface area contributed by atoms with Crippen molar-refractivity contribution in [3.8, 4) is 0 Å². The lowest BCUT2D eigenvalue weighted by Gasteiger charge is -2.13. The van der Waals surface area contributed by atoms with Crippen LogP contribution in [-0.2, 0) is 0 Å². The summed E-state index contributed by atoms with van der Waals surface area (Å²) in [5.74, 6) is 0. The fourth-order valence-electron chi connectivity index (χ4n) is 0.902. The molecule has 0 bridgehead atoms. The van der Waals surface area contributed by atoms with Crippen LogP contribution in [0.25, 0.3) is 0 Å². The Labute approximate surface area is 66.3 Å². The molecule has 0 saturated carbocycles. The highest BCUT2D eigenvalue weighted by atomic mass is 28.3. The molecule has 0 heterocycles. The lowest BCUT2D eigenvalue weighted by Crippen LogP contribution is -2.33. The monoisotopic (exact) mass is 160 g/mol. The topological polar surface area (TPSA) is 15.3 Å². The van der Waals surface area contributed by atoms with Gasteiger partial charge in [0.15, 0.2) is 0 Å². The number of hydrogen-bond acceptors (Lipinski definition) is 2. The van der Waals surface area contributed by atoms with Crippen molar-refractivity contribution in [1.29, 1.82) is 0 Å². The summed E-state index contributed by atoms with van der Waals surface area (Å²) in [7, 11) is 3.71. The standard InChI is InChI=1S/C7H20N2Si/c1-5-8-10(4)7-6-9(2)3/h8,10H,5-7H2,1-4H3. The molecular weight excluding hydrogens is 140 g/mol. The van der Waals surface area contributed by atoms with Gasteiger partial charge in [-0.05, 0) is 33.2 Å². The van der Waals surface area contributed by atoms with E-state index >= 15 is 0 Å². The van der Waals surface area contributed by atoms with E-state index in [2.05, 4.69) is 37.4 Å². The van der Waals surface area contributed by atoms with E-state index in [0.29, 0.717) is 0 Å². The molecule has 1 atom stereocenters. The zero-order valence-electron chi connectivity index (χ0n) is 7.65. The molecule has 1 N–H and O–H groups in total. The predicted octanol–water partition coefficient (Wildman–Crippen LogP) is 0.511. The number of hydrogen-bond donors (Lipinski definition) is 1. The summed E-state index contributed by atoms with van der Waals surface area (Å²) < 4.78 is 0. The van der Waals surface area contributed by atoms with Gasteiger partial charge in [0.05, 0.1) is 0 Å². The zero-order valence-corrected chi connectivity index (χ0v) is 8.80. The van der Waals surface area contributed by atoms with Crippen LogP contribution in [-0.4, -0.2) is 41.0 Å². The quantitative estimate of drug-likeness (QED) is 0.590. The van der Waals surface area contributed by atoms with E-state index in [1.807, 2.05) is 0 Å².